The molecule has 0 saturated carbocycles. The second kappa shape index (κ2) is 4.84. The standard InChI is InChI=1S/C13H18N2O3/c1-9-6-15(7-10(9)2)12(16)8-14-5-3-4-11(14)13(17)18/h3-5,9-10H,6-8H2,1-2H3,(H,17,18). The molecule has 18 heavy (non-hydrogen) atoms. The van der Waals surface area contributed by atoms with Crippen molar-refractivity contribution >= 4 is 11.9 Å². The highest BCUT2D eigenvalue weighted by Gasteiger charge is 2.29. The van der Waals surface area contributed by atoms with Crippen LogP contribution < -0.4 is 0 Å². The lowest BCUT2D eigenvalue weighted by molar-refractivity contribution is -0.131. The Morgan fingerprint density at radius 2 is 1.94 bits per heavy atom. The lowest BCUT2D eigenvalue weighted by atomic mass is 10.0. The summed E-state index contributed by atoms with van der Waals surface area (Å²) in [7, 11) is 0. The molecule has 0 aliphatic carbocycles. The predicted octanol–water partition coefficient (Wildman–Crippen LogP) is 1.30. The minimum absolute atomic E-state index is 0.00935. The highest BCUT2D eigenvalue weighted by Crippen LogP contribution is 2.22. The number of amides is 1. The van der Waals surface area contributed by atoms with Crippen molar-refractivity contribution in [2.45, 2.75) is 20.4 Å². The zero-order chi connectivity index (χ0) is 13.3. The fourth-order valence-electron chi connectivity index (χ4n) is 2.33. The molecule has 1 N–H and O–H groups in total. The number of carbonyl (C=O) groups excluding carboxylic acids is 1. The molecule has 1 aliphatic rings. The fraction of sp³-hybridized carbons (Fsp3) is 0.538. The molecule has 0 aromatic carbocycles. The van der Waals surface area contributed by atoms with E-state index in [9.17, 15) is 9.59 Å². The molecule has 2 unspecified atom stereocenters. The van der Waals surface area contributed by atoms with Crippen LogP contribution in [-0.2, 0) is 11.3 Å². The highest BCUT2D eigenvalue weighted by molar-refractivity contribution is 5.87. The number of aromatic nitrogens is 1. The Morgan fingerprint density at radius 1 is 1.33 bits per heavy atom. The van der Waals surface area contributed by atoms with Gasteiger partial charge in [0.2, 0.25) is 5.91 Å². The van der Waals surface area contributed by atoms with Crippen molar-refractivity contribution in [1.82, 2.24) is 9.47 Å². The van der Waals surface area contributed by atoms with Crippen molar-refractivity contribution in [2.24, 2.45) is 11.8 Å². The van der Waals surface area contributed by atoms with Crippen LogP contribution >= 0.6 is 0 Å². The van der Waals surface area contributed by atoms with Crippen molar-refractivity contribution in [1.29, 1.82) is 0 Å². The van der Waals surface area contributed by atoms with Crippen molar-refractivity contribution < 1.29 is 14.7 Å². The van der Waals surface area contributed by atoms with Gasteiger partial charge in [-0.2, -0.15) is 0 Å². The van der Waals surface area contributed by atoms with Crippen LogP contribution in [-0.4, -0.2) is 39.5 Å². The zero-order valence-corrected chi connectivity index (χ0v) is 10.7. The number of carboxylic acid groups (broad SMARTS) is 1. The fourth-order valence-corrected chi connectivity index (χ4v) is 2.33. The van der Waals surface area contributed by atoms with Crippen LogP contribution in [0.25, 0.3) is 0 Å². The molecule has 1 amide bonds. The van der Waals surface area contributed by atoms with Crippen LogP contribution in [0, 0.1) is 11.8 Å². The smallest absolute Gasteiger partial charge is 0.352 e. The summed E-state index contributed by atoms with van der Waals surface area (Å²) in [5.41, 5.74) is 0.156. The number of likely N-dealkylation sites (tertiary alicyclic amines) is 1. The second-order valence-corrected chi connectivity index (χ2v) is 5.08. The molecular formula is C13H18N2O3. The number of aromatic carboxylic acids is 1. The average Bonchev–Trinajstić information content (AvgIpc) is 2.87. The number of carbonyl (C=O) groups is 2. The lowest BCUT2D eigenvalue weighted by Gasteiger charge is -2.17. The Morgan fingerprint density at radius 3 is 2.50 bits per heavy atom. The Hall–Kier alpha value is -1.78. The summed E-state index contributed by atoms with van der Waals surface area (Å²) in [6.45, 7) is 5.91. The van der Waals surface area contributed by atoms with E-state index in [1.54, 1.807) is 12.3 Å². The topological polar surface area (TPSA) is 62.5 Å². The van der Waals surface area contributed by atoms with Crippen LogP contribution in [0.2, 0.25) is 0 Å². The van der Waals surface area contributed by atoms with Crippen LogP contribution in [0.15, 0.2) is 18.3 Å². The summed E-state index contributed by atoms with van der Waals surface area (Å²) in [5.74, 6) is 0.0102. The quantitative estimate of drug-likeness (QED) is 0.879. The molecule has 2 heterocycles. The monoisotopic (exact) mass is 250 g/mol. The van der Waals surface area contributed by atoms with Gasteiger partial charge in [-0.25, -0.2) is 4.79 Å². The minimum atomic E-state index is -1.00. The first-order valence-electron chi connectivity index (χ1n) is 6.15. The number of nitrogens with zero attached hydrogens (tertiary/aromatic N) is 2. The molecule has 1 aliphatic heterocycles. The van der Waals surface area contributed by atoms with Crippen LogP contribution in [0.3, 0.4) is 0 Å². The summed E-state index contributed by atoms with van der Waals surface area (Å²) in [6, 6.07) is 3.15. The van der Waals surface area contributed by atoms with Gasteiger partial charge in [0.15, 0.2) is 0 Å². The molecule has 1 aromatic rings. The van der Waals surface area contributed by atoms with E-state index in [0.29, 0.717) is 11.8 Å². The minimum Gasteiger partial charge on any atom is -0.477 e. The van der Waals surface area contributed by atoms with E-state index in [-0.39, 0.29) is 18.1 Å². The summed E-state index contributed by atoms with van der Waals surface area (Å²) in [4.78, 5) is 24.9. The molecule has 0 bridgehead atoms. The maximum atomic E-state index is 12.1. The summed E-state index contributed by atoms with van der Waals surface area (Å²) < 4.78 is 1.48. The summed E-state index contributed by atoms with van der Waals surface area (Å²) >= 11 is 0. The molecule has 2 rings (SSSR count). The first-order chi connectivity index (χ1) is 8.49. The Kier molecular flexibility index (Phi) is 3.41. The van der Waals surface area contributed by atoms with Gasteiger partial charge in [0.1, 0.15) is 12.2 Å². The molecule has 1 aromatic heterocycles. The third-order valence-electron chi connectivity index (χ3n) is 3.70. The first-order valence-corrected chi connectivity index (χ1v) is 6.15. The van der Waals surface area contributed by atoms with Gasteiger partial charge in [0.05, 0.1) is 0 Å². The van der Waals surface area contributed by atoms with Gasteiger partial charge in [-0.1, -0.05) is 13.8 Å². The third-order valence-corrected chi connectivity index (χ3v) is 3.70. The maximum absolute atomic E-state index is 12.1. The van der Waals surface area contributed by atoms with E-state index in [1.165, 1.54) is 10.6 Å². The molecule has 98 valence electrons. The SMILES string of the molecule is CC1CN(C(=O)Cn2cccc2C(=O)O)CC1C. The number of hydrogen-bond acceptors (Lipinski definition) is 2. The number of hydrogen-bond donors (Lipinski definition) is 1. The largest absolute Gasteiger partial charge is 0.477 e. The molecule has 0 radical (unpaired) electrons. The van der Waals surface area contributed by atoms with E-state index >= 15 is 0 Å². The maximum Gasteiger partial charge on any atom is 0.352 e. The molecular weight excluding hydrogens is 232 g/mol. The third kappa shape index (κ3) is 2.39. The lowest BCUT2D eigenvalue weighted by Crippen LogP contribution is -2.32. The van der Waals surface area contributed by atoms with Gasteiger partial charge in [0.25, 0.3) is 0 Å². The molecule has 1 fully saturated rings. The van der Waals surface area contributed by atoms with E-state index in [1.807, 2.05) is 4.90 Å². The van der Waals surface area contributed by atoms with Crippen molar-refractivity contribution in [3.63, 3.8) is 0 Å². The van der Waals surface area contributed by atoms with E-state index < -0.39 is 5.97 Å². The Balaban J connectivity index is 2.04. The van der Waals surface area contributed by atoms with E-state index in [4.69, 9.17) is 5.11 Å². The number of rotatable bonds is 3. The second-order valence-electron chi connectivity index (χ2n) is 5.08. The van der Waals surface area contributed by atoms with Gasteiger partial charge in [0, 0.05) is 19.3 Å². The van der Waals surface area contributed by atoms with Gasteiger partial charge in [-0.15, -0.1) is 0 Å². The van der Waals surface area contributed by atoms with Gasteiger partial charge >= 0.3 is 5.97 Å². The van der Waals surface area contributed by atoms with Gasteiger partial charge in [-0.05, 0) is 24.0 Å². The van der Waals surface area contributed by atoms with Gasteiger partial charge < -0.3 is 14.6 Å². The first kappa shape index (κ1) is 12.7. The molecule has 5 heteroatoms. The molecule has 5 nitrogen and oxygen atoms in total. The number of carboxylic acids is 1. The molecule has 2 atom stereocenters. The Bertz CT molecular complexity index is 457. The van der Waals surface area contributed by atoms with Crippen molar-refractivity contribution in [2.75, 3.05) is 13.1 Å². The molecule has 0 spiro atoms. The molecule has 1 saturated heterocycles. The average molecular weight is 250 g/mol. The van der Waals surface area contributed by atoms with Crippen LogP contribution in [0.5, 0.6) is 0 Å². The van der Waals surface area contributed by atoms with E-state index in [2.05, 4.69) is 13.8 Å². The summed E-state index contributed by atoms with van der Waals surface area (Å²) in [5, 5.41) is 8.97. The summed E-state index contributed by atoms with van der Waals surface area (Å²) in [6.07, 6.45) is 1.63. The van der Waals surface area contributed by atoms with E-state index in [0.717, 1.165) is 13.1 Å². The van der Waals surface area contributed by atoms with Crippen molar-refractivity contribution in [3.8, 4) is 0 Å². The Labute approximate surface area is 106 Å². The van der Waals surface area contributed by atoms with Crippen LogP contribution in [0.1, 0.15) is 24.3 Å². The normalized spacial score (nSPS) is 23.3. The van der Waals surface area contributed by atoms with Gasteiger partial charge in [-0.3, -0.25) is 4.79 Å². The highest BCUT2D eigenvalue weighted by atomic mass is 16.4. The van der Waals surface area contributed by atoms with Crippen LogP contribution in [0.4, 0.5) is 0 Å². The van der Waals surface area contributed by atoms with Crippen molar-refractivity contribution in [3.05, 3.63) is 24.0 Å². The zero-order valence-electron chi connectivity index (χ0n) is 10.7. The predicted molar refractivity (Wildman–Crippen MR) is 66.3 cm³/mol.